The number of nitrogens with zero attached hydrogens (tertiary/aromatic N) is 1. The van der Waals surface area contributed by atoms with Crippen LogP contribution in [0.25, 0.3) is 11.3 Å². The summed E-state index contributed by atoms with van der Waals surface area (Å²) in [6, 6.07) is 16.1. The summed E-state index contributed by atoms with van der Waals surface area (Å²) in [6.07, 6.45) is 0. The van der Waals surface area contributed by atoms with Gasteiger partial charge in [0.2, 0.25) is 0 Å². The van der Waals surface area contributed by atoms with E-state index in [-0.39, 0.29) is 0 Å². The molecule has 0 aliphatic heterocycles. The highest BCUT2D eigenvalue weighted by atomic mass is 32.1. The van der Waals surface area contributed by atoms with Gasteiger partial charge in [0.15, 0.2) is 0 Å². The molecule has 0 N–H and O–H groups in total. The van der Waals surface area contributed by atoms with Gasteiger partial charge < -0.3 is 9.47 Å². The Kier molecular flexibility index (Phi) is 4.39. The number of methoxy groups -OCH3 is 1. The van der Waals surface area contributed by atoms with Crippen LogP contribution in [0.3, 0.4) is 0 Å². The molecule has 3 aromatic rings. The summed E-state index contributed by atoms with van der Waals surface area (Å²) in [5, 5.41) is 2.66. The quantitative estimate of drug-likeness (QED) is 0.684. The predicted octanol–water partition coefficient (Wildman–Crippen LogP) is 4.71. The van der Waals surface area contributed by atoms with Crippen LogP contribution in [-0.2, 0) is 6.61 Å². The normalized spacial score (nSPS) is 10.5. The average molecular weight is 311 g/mol. The van der Waals surface area contributed by atoms with Crippen molar-refractivity contribution in [1.29, 1.82) is 0 Å². The second-order valence-electron chi connectivity index (χ2n) is 4.91. The van der Waals surface area contributed by atoms with Crippen LogP contribution < -0.4 is 9.47 Å². The molecule has 3 nitrogen and oxygen atoms in total. The third kappa shape index (κ3) is 3.12. The van der Waals surface area contributed by atoms with Gasteiger partial charge in [-0.3, -0.25) is 0 Å². The van der Waals surface area contributed by atoms with Gasteiger partial charge in [0, 0.05) is 10.9 Å². The van der Waals surface area contributed by atoms with Gasteiger partial charge >= 0.3 is 0 Å². The number of para-hydroxylation sites is 1. The zero-order valence-corrected chi connectivity index (χ0v) is 13.4. The van der Waals surface area contributed by atoms with Crippen LogP contribution in [0.2, 0.25) is 0 Å². The first-order valence-electron chi connectivity index (χ1n) is 7.04. The Balaban J connectivity index is 1.75. The van der Waals surface area contributed by atoms with Gasteiger partial charge in [0.25, 0.3) is 5.19 Å². The van der Waals surface area contributed by atoms with Crippen molar-refractivity contribution in [3.63, 3.8) is 0 Å². The maximum absolute atomic E-state index is 5.82. The fourth-order valence-electron chi connectivity index (χ4n) is 2.22. The summed E-state index contributed by atoms with van der Waals surface area (Å²) in [5.41, 5.74) is 4.26. The van der Waals surface area contributed by atoms with Crippen LogP contribution in [0, 0.1) is 6.92 Å². The molecule has 0 atom stereocenters. The first-order chi connectivity index (χ1) is 10.8. The molecule has 112 valence electrons. The maximum Gasteiger partial charge on any atom is 0.274 e. The van der Waals surface area contributed by atoms with Gasteiger partial charge in [0.1, 0.15) is 12.4 Å². The molecule has 0 aliphatic rings. The third-order valence-electron chi connectivity index (χ3n) is 3.48. The standard InChI is InChI=1S/C18H17NO2S/c1-13-7-3-4-8-14(13)11-21-18-19-16(12-22-18)15-9-5-6-10-17(15)20-2/h3-10,12H,11H2,1-2H3. The van der Waals surface area contributed by atoms with Crippen molar-refractivity contribution < 1.29 is 9.47 Å². The molecule has 0 spiro atoms. The summed E-state index contributed by atoms with van der Waals surface area (Å²) in [7, 11) is 1.67. The van der Waals surface area contributed by atoms with Crippen molar-refractivity contribution in [2.75, 3.05) is 7.11 Å². The van der Waals surface area contributed by atoms with Crippen molar-refractivity contribution in [2.45, 2.75) is 13.5 Å². The van der Waals surface area contributed by atoms with Gasteiger partial charge in [-0.2, -0.15) is 0 Å². The van der Waals surface area contributed by atoms with Gasteiger partial charge in [-0.05, 0) is 30.2 Å². The van der Waals surface area contributed by atoms with Crippen molar-refractivity contribution >= 4 is 11.3 Å². The molecule has 4 heteroatoms. The monoisotopic (exact) mass is 311 g/mol. The largest absolute Gasteiger partial charge is 0.496 e. The number of ether oxygens (including phenoxy) is 2. The van der Waals surface area contributed by atoms with Crippen LogP contribution in [0.5, 0.6) is 10.9 Å². The van der Waals surface area contributed by atoms with E-state index in [1.54, 1.807) is 7.11 Å². The summed E-state index contributed by atoms with van der Waals surface area (Å²) in [5.74, 6) is 0.818. The highest BCUT2D eigenvalue weighted by Crippen LogP contribution is 2.32. The van der Waals surface area contributed by atoms with E-state index in [0.717, 1.165) is 17.0 Å². The number of thiazole rings is 1. The number of rotatable bonds is 5. The first-order valence-corrected chi connectivity index (χ1v) is 7.92. The first kappa shape index (κ1) is 14.6. The molecule has 0 unspecified atom stereocenters. The number of aromatic nitrogens is 1. The predicted molar refractivity (Wildman–Crippen MR) is 89.6 cm³/mol. The average Bonchev–Trinajstić information content (AvgIpc) is 3.03. The van der Waals surface area contributed by atoms with Crippen LogP contribution in [0.4, 0.5) is 0 Å². The second-order valence-corrected chi connectivity index (χ2v) is 5.73. The van der Waals surface area contributed by atoms with Crippen molar-refractivity contribution in [3.05, 3.63) is 65.0 Å². The van der Waals surface area contributed by atoms with E-state index in [1.807, 2.05) is 41.8 Å². The summed E-state index contributed by atoms with van der Waals surface area (Å²) in [4.78, 5) is 4.55. The molecule has 0 amide bonds. The molecule has 1 heterocycles. The molecule has 1 aromatic heterocycles. The molecule has 0 fully saturated rings. The molecule has 2 aromatic carbocycles. The van der Waals surface area contributed by atoms with Gasteiger partial charge in [0.05, 0.1) is 12.8 Å². The van der Waals surface area contributed by atoms with E-state index in [1.165, 1.54) is 22.5 Å². The van der Waals surface area contributed by atoms with E-state index < -0.39 is 0 Å². The lowest BCUT2D eigenvalue weighted by Crippen LogP contribution is -1.97. The van der Waals surface area contributed by atoms with Crippen LogP contribution in [0.15, 0.2) is 53.9 Å². The van der Waals surface area contributed by atoms with E-state index in [9.17, 15) is 0 Å². The van der Waals surface area contributed by atoms with E-state index in [2.05, 4.69) is 24.0 Å². The van der Waals surface area contributed by atoms with E-state index in [0.29, 0.717) is 11.8 Å². The highest BCUT2D eigenvalue weighted by molar-refractivity contribution is 7.11. The Hall–Kier alpha value is -2.33. The Morgan fingerprint density at radius 2 is 1.82 bits per heavy atom. The molecule has 22 heavy (non-hydrogen) atoms. The Morgan fingerprint density at radius 3 is 2.64 bits per heavy atom. The molecular formula is C18H17NO2S. The molecule has 0 radical (unpaired) electrons. The number of aryl methyl sites for hydroxylation is 1. The smallest absolute Gasteiger partial charge is 0.274 e. The third-order valence-corrected chi connectivity index (χ3v) is 4.23. The lowest BCUT2D eigenvalue weighted by Gasteiger charge is -2.06. The number of benzene rings is 2. The zero-order chi connectivity index (χ0) is 15.4. The van der Waals surface area contributed by atoms with Gasteiger partial charge in [-0.25, -0.2) is 4.98 Å². The zero-order valence-electron chi connectivity index (χ0n) is 12.6. The fourth-order valence-corrected chi connectivity index (χ4v) is 2.89. The Labute approximate surface area is 134 Å². The van der Waals surface area contributed by atoms with Crippen LogP contribution in [0.1, 0.15) is 11.1 Å². The van der Waals surface area contributed by atoms with E-state index in [4.69, 9.17) is 9.47 Å². The van der Waals surface area contributed by atoms with Crippen molar-refractivity contribution in [3.8, 4) is 22.2 Å². The van der Waals surface area contributed by atoms with Crippen molar-refractivity contribution in [1.82, 2.24) is 4.98 Å². The van der Waals surface area contributed by atoms with Crippen LogP contribution in [-0.4, -0.2) is 12.1 Å². The van der Waals surface area contributed by atoms with E-state index >= 15 is 0 Å². The molecule has 0 saturated heterocycles. The molecule has 0 bridgehead atoms. The lowest BCUT2D eigenvalue weighted by atomic mass is 10.1. The topological polar surface area (TPSA) is 31.4 Å². The fraction of sp³-hybridized carbons (Fsp3) is 0.167. The SMILES string of the molecule is COc1ccccc1-c1csc(OCc2ccccc2C)n1. The maximum atomic E-state index is 5.82. The molecular weight excluding hydrogens is 294 g/mol. The molecule has 0 saturated carbocycles. The lowest BCUT2D eigenvalue weighted by molar-refractivity contribution is 0.304. The molecule has 3 rings (SSSR count). The summed E-state index contributed by atoms with van der Waals surface area (Å²) < 4.78 is 11.2. The minimum atomic E-state index is 0.533. The minimum absolute atomic E-state index is 0.533. The summed E-state index contributed by atoms with van der Waals surface area (Å²) in [6.45, 7) is 2.62. The van der Waals surface area contributed by atoms with Crippen molar-refractivity contribution in [2.24, 2.45) is 0 Å². The number of hydrogen-bond acceptors (Lipinski definition) is 4. The molecule has 0 aliphatic carbocycles. The number of hydrogen-bond donors (Lipinski definition) is 0. The second kappa shape index (κ2) is 6.62. The highest BCUT2D eigenvalue weighted by Gasteiger charge is 2.10. The summed E-state index contributed by atoms with van der Waals surface area (Å²) >= 11 is 1.50. The van der Waals surface area contributed by atoms with Gasteiger partial charge in [-0.1, -0.05) is 47.7 Å². The minimum Gasteiger partial charge on any atom is -0.496 e. The van der Waals surface area contributed by atoms with Gasteiger partial charge in [-0.15, -0.1) is 0 Å². The Morgan fingerprint density at radius 1 is 1.05 bits per heavy atom. The Bertz CT molecular complexity index is 767. The van der Waals surface area contributed by atoms with Crippen LogP contribution >= 0.6 is 11.3 Å².